The van der Waals surface area contributed by atoms with Crippen molar-refractivity contribution in [2.45, 2.75) is 74.7 Å². The van der Waals surface area contributed by atoms with Crippen LogP contribution in [-0.2, 0) is 16.4 Å². The molecule has 0 unspecified atom stereocenters. The highest BCUT2D eigenvalue weighted by atomic mass is 32.2. The number of aliphatic hydroxyl groups excluding tert-OH is 1. The Morgan fingerprint density at radius 1 is 1.10 bits per heavy atom. The number of nitrogens with zero attached hydrogens (tertiary/aromatic N) is 2. The van der Waals surface area contributed by atoms with Crippen molar-refractivity contribution in [3.8, 4) is 17.0 Å². The summed E-state index contributed by atoms with van der Waals surface area (Å²) in [5.74, 6) is -0.113. The Morgan fingerprint density at radius 2 is 1.82 bits per heavy atom. The van der Waals surface area contributed by atoms with Crippen molar-refractivity contribution in [2.24, 2.45) is 5.73 Å². The number of para-hydroxylation sites is 1. The largest absolute Gasteiger partial charge is 0.491 e. The van der Waals surface area contributed by atoms with Gasteiger partial charge in [0, 0.05) is 17.7 Å². The first-order chi connectivity index (χ1) is 19.0. The summed E-state index contributed by atoms with van der Waals surface area (Å²) in [6.45, 7) is 3.93. The van der Waals surface area contributed by atoms with Gasteiger partial charge in [-0.25, -0.2) is 18.4 Å². The van der Waals surface area contributed by atoms with Crippen molar-refractivity contribution in [2.75, 3.05) is 17.7 Å². The molecule has 1 aromatic heterocycles. The lowest BCUT2D eigenvalue weighted by atomic mass is 10.00. The lowest BCUT2D eigenvalue weighted by molar-refractivity contribution is 0.102. The fourth-order valence-corrected chi connectivity index (χ4v) is 6.36. The Labute approximate surface area is 235 Å². The highest BCUT2D eigenvalue weighted by Crippen LogP contribution is 2.33. The second-order valence-corrected chi connectivity index (χ2v) is 13.2. The molecule has 0 saturated heterocycles. The van der Waals surface area contributed by atoms with Gasteiger partial charge in [-0.2, -0.15) is 0 Å². The van der Waals surface area contributed by atoms with Crippen LogP contribution in [0.5, 0.6) is 5.75 Å². The lowest BCUT2D eigenvalue weighted by Gasteiger charge is -2.27. The van der Waals surface area contributed by atoms with Crippen molar-refractivity contribution in [1.82, 2.24) is 9.97 Å². The molecule has 0 radical (unpaired) electrons. The molecular weight excluding hydrogens is 530 g/mol. The Bertz CT molecular complexity index is 1460. The summed E-state index contributed by atoms with van der Waals surface area (Å²) in [5.41, 5.74) is 14.0. The molecule has 214 valence electrons. The van der Waals surface area contributed by atoms with E-state index in [1.54, 1.807) is 38.1 Å². The molecule has 4 bridgehead atoms. The molecule has 0 saturated carbocycles. The van der Waals surface area contributed by atoms with Gasteiger partial charge in [-0.05, 0) is 51.3 Å². The summed E-state index contributed by atoms with van der Waals surface area (Å²) >= 11 is 0. The fraction of sp³-hybridized carbons (Fsp3) is 0.414. The van der Waals surface area contributed by atoms with Crippen LogP contribution in [0.15, 0.2) is 53.6 Å². The Kier molecular flexibility index (Phi) is 9.07. The second kappa shape index (κ2) is 12.3. The number of nitrogens with two attached hydrogens (primary N) is 2. The Hall–Kier alpha value is -3.54. The van der Waals surface area contributed by atoms with E-state index < -0.39 is 26.6 Å². The molecule has 5 rings (SSSR count). The average Bonchev–Trinajstić information content (AvgIpc) is 2.92. The van der Waals surface area contributed by atoms with Crippen molar-refractivity contribution < 1.29 is 23.1 Å². The van der Waals surface area contributed by atoms with E-state index in [0.717, 1.165) is 31.2 Å². The number of rotatable bonds is 1. The molecule has 2 aliphatic rings. The van der Waals surface area contributed by atoms with E-state index in [2.05, 4.69) is 15.3 Å². The van der Waals surface area contributed by atoms with Crippen LogP contribution in [0.3, 0.4) is 0 Å². The van der Waals surface area contributed by atoms with Gasteiger partial charge in [0.25, 0.3) is 5.91 Å². The van der Waals surface area contributed by atoms with Gasteiger partial charge in [0.2, 0.25) is 0 Å². The SMILES string of the molecule is CC1(C)C[C@H](O)CCCCCCOc2c(CN)cccc2NC(=O)c2nc(cnc2N)-c2ccc(cc2)S1(=O)=O. The summed E-state index contributed by atoms with van der Waals surface area (Å²) in [7, 11) is -3.74. The highest BCUT2D eigenvalue weighted by molar-refractivity contribution is 7.92. The average molecular weight is 568 g/mol. The van der Waals surface area contributed by atoms with E-state index >= 15 is 0 Å². The topological polar surface area (TPSA) is 171 Å². The molecule has 3 heterocycles. The number of carbonyl (C=O) groups is 1. The van der Waals surface area contributed by atoms with Crippen molar-refractivity contribution in [3.05, 3.63) is 59.9 Å². The fourth-order valence-electron chi connectivity index (χ4n) is 4.81. The van der Waals surface area contributed by atoms with E-state index in [1.165, 1.54) is 18.3 Å². The number of ether oxygens (including phenoxy) is 1. The molecule has 1 atom stereocenters. The molecule has 0 spiro atoms. The molecule has 10 nitrogen and oxygen atoms in total. The first-order valence-electron chi connectivity index (χ1n) is 13.5. The first-order valence-corrected chi connectivity index (χ1v) is 14.9. The number of hydrogen-bond donors (Lipinski definition) is 4. The van der Waals surface area contributed by atoms with Crippen molar-refractivity contribution in [3.63, 3.8) is 0 Å². The Balaban J connectivity index is 1.72. The van der Waals surface area contributed by atoms with Gasteiger partial charge < -0.3 is 26.6 Å². The van der Waals surface area contributed by atoms with Gasteiger partial charge in [0.05, 0.1) is 39.9 Å². The molecule has 3 aromatic rings. The van der Waals surface area contributed by atoms with E-state index in [4.69, 9.17) is 16.2 Å². The summed E-state index contributed by atoms with van der Waals surface area (Å²) in [6.07, 6.45) is 4.61. The van der Waals surface area contributed by atoms with Crippen LogP contribution in [0.2, 0.25) is 0 Å². The third-order valence-corrected chi connectivity index (χ3v) is 9.69. The molecule has 2 aromatic carbocycles. The number of nitrogen functional groups attached to an aromatic ring is 1. The standard InChI is InChI=1S/C29H37N5O5S/c1-29(2)16-21(35)9-5-3-4-6-15-39-26-20(17-30)8-7-10-23(26)34-28(36)25-27(31)32-18-24(33-25)19-11-13-22(14-12-19)40(29,37)38/h7-8,10-14,18,21,35H,3-6,9,15-17,30H2,1-2H3,(H2,31,32)(H,34,36)/t21-/m1/s1. The number of hydrogen-bond acceptors (Lipinski definition) is 9. The predicted octanol–water partition coefficient (Wildman–Crippen LogP) is 4.08. The number of aromatic nitrogens is 2. The molecule has 6 N–H and O–H groups in total. The maximum atomic E-state index is 13.4. The van der Waals surface area contributed by atoms with Crippen LogP contribution in [0.25, 0.3) is 11.3 Å². The van der Waals surface area contributed by atoms with Gasteiger partial charge in [-0.1, -0.05) is 43.5 Å². The normalized spacial score (nSPS) is 19.8. The summed E-state index contributed by atoms with van der Waals surface area (Å²) in [5, 5.41) is 13.5. The first kappa shape index (κ1) is 29.4. The van der Waals surface area contributed by atoms with Crippen molar-refractivity contribution in [1.29, 1.82) is 0 Å². The van der Waals surface area contributed by atoms with Gasteiger partial charge in [-0.3, -0.25) is 4.79 Å². The zero-order valence-corrected chi connectivity index (χ0v) is 23.7. The third kappa shape index (κ3) is 6.43. The monoisotopic (exact) mass is 567 g/mol. The minimum atomic E-state index is -3.74. The zero-order valence-electron chi connectivity index (χ0n) is 22.9. The number of amides is 1. The smallest absolute Gasteiger partial charge is 0.278 e. The third-order valence-electron chi connectivity index (χ3n) is 7.17. The van der Waals surface area contributed by atoms with Gasteiger partial charge in [0.15, 0.2) is 21.3 Å². The summed E-state index contributed by atoms with van der Waals surface area (Å²) < 4.78 is 31.8. The molecule has 0 fully saturated rings. The number of nitrogens with one attached hydrogen (secondary N) is 1. The van der Waals surface area contributed by atoms with Crippen LogP contribution in [0.4, 0.5) is 11.5 Å². The van der Waals surface area contributed by atoms with Crippen LogP contribution < -0.4 is 21.5 Å². The number of carbonyl (C=O) groups excluding carboxylic acids is 1. The highest BCUT2D eigenvalue weighted by Gasteiger charge is 2.37. The molecule has 0 aliphatic carbocycles. The number of sulfone groups is 1. The van der Waals surface area contributed by atoms with Gasteiger partial charge in [0.1, 0.15) is 5.75 Å². The lowest BCUT2D eigenvalue weighted by Crippen LogP contribution is -2.36. The summed E-state index contributed by atoms with van der Waals surface area (Å²) in [4.78, 5) is 22.0. The minimum Gasteiger partial charge on any atom is -0.491 e. The van der Waals surface area contributed by atoms with E-state index in [0.29, 0.717) is 35.7 Å². The van der Waals surface area contributed by atoms with Crippen LogP contribution in [-0.4, -0.2) is 46.9 Å². The van der Waals surface area contributed by atoms with Crippen LogP contribution >= 0.6 is 0 Å². The minimum absolute atomic E-state index is 0.0485. The maximum Gasteiger partial charge on any atom is 0.278 e. The van der Waals surface area contributed by atoms with E-state index in [1.807, 2.05) is 6.07 Å². The predicted molar refractivity (Wildman–Crippen MR) is 155 cm³/mol. The molecule has 40 heavy (non-hydrogen) atoms. The number of aliphatic hydroxyl groups is 1. The summed E-state index contributed by atoms with van der Waals surface area (Å²) in [6, 6.07) is 11.6. The van der Waals surface area contributed by atoms with Crippen LogP contribution in [0.1, 0.15) is 68.4 Å². The molecule has 1 amide bonds. The van der Waals surface area contributed by atoms with Gasteiger partial charge >= 0.3 is 0 Å². The van der Waals surface area contributed by atoms with Gasteiger partial charge in [-0.15, -0.1) is 0 Å². The maximum absolute atomic E-state index is 13.4. The molecular formula is C29H37N5O5S. The number of benzene rings is 2. The quantitative estimate of drug-likeness (QED) is 0.338. The molecule has 11 heteroatoms. The zero-order chi connectivity index (χ0) is 28.9. The van der Waals surface area contributed by atoms with E-state index in [9.17, 15) is 18.3 Å². The van der Waals surface area contributed by atoms with Crippen molar-refractivity contribution >= 4 is 27.2 Å². The molecule has 2 aliphatic heterocycles. The second-order valence-electron chi connectivity index (χ2n) is 10.6. The van der Waals surface area contributed by atoms with E-state index in [-0.39, 0.29) is 29.4 Å². The Morgan fingerprint density at radius 3 is 2.55 bits per heavy atom. The number of anilines is 2. The number of fused-ring (bicyclic) bond motifs is 13. The van der Waals surface area contributed by atoms with Crippen LogP contribution in [0, 0.1) is 0 Å².